The van der Waals surface area contributed by atoms with Crippen LogP contribution in [0.3, 0.4) is 0 Å². The molecule has 0 spiro atoms. The lowest BCUT2D eigenvalue weighted by Gasteiger charge is -2.19. The Labute approximate surface area is 147 Å². The van der Waals surface area contributed by atoms with Gasteiger partial charge in [0.15, 0.2) is 0 Å². The molecule has 6 heteroatoms. The van der Waals surface area contributed by atoms with Gasteiger partial charge >= 0.3 is 6.03 Å². The van der Waals surface area contributed by atoms with Gasteiger partial charge in [-0.15, -0.1) is 0 Å². The molecule has 1 aromatic heterocycles. The zero-order chi connectivity index (χ0) is 18.1. The van der Waals surface area contributed by atoms with E-state index >= 15 is 0 Å². The van der Waals surface area contributed by atoms with Crippen LogP contribution in [0.2, 0.25) is 0 Å². The fourth-order valence-electron chi connectivity index (χ4n) is 3.62. The van der Waals surface area contributed by atoms with Gasteiger partial charge in [-0.1, -0.05) is 6.07 Å². The molecule has 1 aromatic carbocycles. The zero-order valence-corrected chi connectivity index (χ0v) is 15.2. The molecule has 0 bridgehead atoms. The maximum absolute atomic E-state index is 13.5. The molecule has 1 aliphatic carbocycles. The third kappa shape index (κ3) is 3.67. The monoisotopic (exact) mass is 344 g/mol. The van der Waals surface area contributed by atoms with E-state index in [4.69, 9.17) is 0 Å². The van der Waals surface area contributed by atoms with Crippen molar-refractivity contribution in [1.29, 1.82) is 0 Å². The number of fused-ring (bicyclic) bond motifs is 1. The topological polar surface area (TPSA) is 59.0 Å². The molecule has 2 atom stereocenters. The van der Waals surface area contributed by atoms with Gasteiger partial charge in [0.05, 0.1) is 11.7 Å². The predicted molar refractivity (Wildman–Crippen MR) is 95.0 cm³/mol. The molecule has 2 N–H and O–H groups in total. The number of hydrogen-bond donors (Lipinski definition) is 2. The Morgan fingerprint density at radius 3 is 2.88 bits per heavy atom. The molecule has 3 rings (SSSR count). The molecule has 25 heavy (non-hydrogen) atoms. The number of benzene rings is 1. The van der Waals surface area contributed by atoms with Crippen LogP contribution >= 0.6 is 0 Å². The Balaban J connectivity index is 1.59. The Hall–Kier alpha value is -2.37. The summed E-state index contributed by atoms with van der Waals surface area (Å²) in [4.78, 5) is 12.3. The number of nitrogens with one attached hydrogen (secondary N) is 2. The summed E-state index contributed by atoms with van der Waals surface area (Å²) in [6, 6.07) is 4.45. The maximum atomic E-state index is 13.5. The summed E-state index contributed by atoms with van der Waals surface area (Å²) >= 11 is 0. The summed E-state index contributed by atoms with van der Waals surface area (Å²) in [6.07, 6.45) is 2.40. The summed E-state index contributed by atoms with van der Waals surface area (Å²) < 4.78 is 15.3. The van der Waals surface area contributed by atoms with Crippen LogP contribution in [0, 0.1) is 19.7 Å². The van der Waals surface area contributed by atoms with Gasteiger partial charge in [-0.2, -0.15) is 5.10 Å². The van der Waals surface area contributed by atoms with Crippen LogP contribution in [0.1, 0.15) is 47.5 Å². The van der Waals surface area contributed by atoms with E-state index in [1.807, 2.05) is 32.5 Å². The van der Waals surface area contributed by atoms with Crippen molar-refractivity contribution in [2.24, 2.45) is 7.05 Å². The van der Waals surface area contributed by atoms with Crippen molar-refractivity contribution in [2.45, 2.75) is 52.1 Å². The maximum Gasteiger partial charge on any atom is 0.315 e. The van der Waals surface area contributed by atoms with Crippen molar-refractivity contribution >= 4 is 6.03 Å². The normalized spacial score (nSPS) is 17.2. The largest absolute Gasteiger partial charge is 0.335 e. The van der Waals surface area contributed by atoms with Gasteiger partial charge in [0.1, 0.15) is 5.82 Å². The second kappa shape index (κ2) is 6.86. The van der Waals surface area contributed by atoms with Gasteiger partial charge in [-0.25, -0.2) is 9.18 Å². The lowest BCUT2D eigenvalue weighted by molar-refractivity contribution is 0.233. The zero-order valence-electron chi connectivity index (χ0n) is 15.2. The first-order chi connectivity index (χ1) is 11.8. The Morgan fingerprint density at radius 1 is 1.44 bits per heavy atom. The standard InChI is InChI=1S/C19H25FN4O/c1-11(9-16-12(2)23-24(4)13(16)3)21-19(25)22-18-8-6-14-5-7-15(20)10-17(14)18/h5,7,10-11,18H,6,8-9H2,1-4H3,(H2,21,22,25)/t11-,18-/m0/s1. The average Bonchev–Trinajstić information content (AvgIpc) is 3.03. The van der Waals surface area contributed by atoms with Gasteiger partial charge in [-0.05, 0) is 68.9 Å². The molecule has 0 saturated carbocycles. The first-order valence-corrected chi connectivity index (χ1v) is 8.69. The van der Waals surface area contributed by atoms with E-state index in [0.717, 1.165) is 41.8 Å². The SMILES string of the molecule is Cc1nn(C)c(C)c1C[C@H](C)NC(=O)N[C@H]1CCc2ccc(F)cc21. The van der Waals surface area contributed by atoms with Crippen LogP contribution < -0.4 is 10.6 Å². The van der Waals surface area contributed by atoms with Crippen molar-refractivity contribution in [1.82, 2.24) is 20.4 Å². The van der Waals surface area contributed by atoms with Gasteiger partial charge in [0.2, 0.25) is 0 Å². The third-order valence-corrected chi connectivity index (χ3v) is 5.04. The van der Waals surface area contributed by atoms with Crippen molar-refractivity contribution < 1.29 is 9.18 Å². The highest BCUT2D eigenvalue weighted by Gasteiger charge is 2.25. The summed E-state index contributed by atoms with van der Waals surface area (Å²) in [6.45, 7) is 6.00. The van der Waals surface area contributed by atoms with Crippen molar-refractivity contribution in [3.63, 3.8) is 0 Å². The van der Waals surface area contributed by atoms with Crippen LogP contribution in [-0.2, 0) is 19.9 Å². The van der Waals surface area contributed by atoms with Crippen LogP contribution in [0.5, 0.6) is 0 Å². The minimum Gasteiger partial charge on any atom is -0.335 e. The lowest BCUT2D eigenvalue weighted by atomic mass is 10.1. The minimum absolute atomic E-state index is 0.0185. The molecular weight excluding hydrogens is 319 g/mol. The Bertz CT molecular complexity index is 799. The van der Waals surface area contributed by atoms with E-state index in [-0.39, 0.29) is 23.9 Å². The first-order valence-electron chi connectivity index (χ1n) is 8.69. The van der Waals surface area contributed by atoms with Crippen LogP contribution in [0.15, 0.2) is 18.2 Å². The van der Waals surface area contributed by atoms with E-state index in [9.17, 15) is 9.18 Å². The summed E-state index contributed by atoms with van der Waals surface area (Å²) in [5.74, 6) is -0.260. The highest BCUT2D eigenvalue weighted by Crippen LogP contribution is 2.31. The molecule has 1 heterocycles. The number of hydrogen-bond acceptors (Lipinski definition) is 2. The number of rotatable bonds is 4. The number of amides is 2. The third-order valence-electron chi connectivity index (χ3n) is 5.04. The average molecular weight is 344 g/mol. The van der Waals surface area contributed by atoms with Gasteiger partial charge in [0, 0.05) is 18.8 Å². The molecule has 2 aromatic rings. The van der Waals surface area contributed by atoms with Crippen molar-refractivity contribution in [3.05, 3.63) is 52.1 Å². The Morgan fingerprint density at radius 2 is 2.20 bits per heavy atom. The van der Waals surface area contributed by atoms with E-state index in [0.29, 0.717) is 0 Å². The van der Waals surface area contributed by atoms with Crippen molar-refractivity contribution in [3.8, 4) is 0 Å². The molecular formula is C19H25FN4O. The second-order valence-corrected chi connectivity index (χ2v) is 6.93. The lowest BCUT2D eigenvalue weighted by Crippen LogP contribution is -2.42. The Kier molecular flexibility index (Phi) is 4.79. The highest BCUT2D eigenvalue weighted by molar-refractivity contribution is 5.75. The highest BCUT2D eigenvalue weighted by atomic mass is 19.1. The molecule has 134 valence electrons. The molecule has 2 amide bonds. The smallest absolute Gasteiger partial charge is 0.315 e. The fourth-order valence-corrected chi connectivity index (χ4v) is 3.62. The van der Waals surface area contributed by atoms with E-state index in [1.165, 1.54) is 17.7 Å². The number of carbonyl (C=O) groups is 1. The molecule has 5 nitrogen and oxygen atoms in total. The summed E-state index contributed by atoms with van der Waals surface area (Å²) in [5, 5.41) is 10.4. The van der Waals surface area contributed by atoms with E-state index in [2.05, 4.69) is 15.7 Å². The predicted octanol–water partition coefficient (Wildman–Crippen LogP) is 3.09. The van der Waals surface area contributed by atoms with Gasteiger partial charge < -0.3 is 10.6 Å². The summed E-state index contributed by atoms with van der Waals surface area (Å²) in [7, 11) is 1.92. The fraction of sp³-hybridized carbons (Fsp3) is 0.474. The van der Waals surface area contributed by atoms with Gasteiger partial charge in [0.25, 0.3) is 0 Å². The number of halogens is 1. The molecule has 1 aliphatic rings. The summed E-state index contributed by atoms with van der Waals surface area (Å²) in [5.41, 5.74) is 5.28. The molecule has 0 saturated heterocycles. The second-order valence-electron chi connectivity index (χ2n) is 6.93. The number of urea groups is 1. The molecule has 0 aliphatic heterocycles. The number of nitrogens with zero attached hydrogens (tertiary/aromatic N) is 2. The van der Waals surface area contributed by atoms with Gasteiger partial charge in [-0.3, -0.25) is 4.68 Å². The number of aromatic nitrogens is 2. The van der Waals surface area contributed by atoms with E-state index in [1.54, 1.807) is 6.07 Å². The first kappa shape index (κ1) is 17.5. The minimum atomic E-state index is -0.260. The quantitative estimate of drug-likeness (QED) is 0.895. The number of aryl methyl sites for hydroxylation is 3. The number of carbonyl (C=O) groups excluding carboxylic acids is 1. The molecule has 0 fully saturated rings. The molecule has 0 radical (unpaired) electrons. The van der Waals surface area contributed by atoms with E-state index < -0.39 is 0 Å². The van der Waals surface area contributed by atoms with Crippen LogP contribution in [0.4, 0.5) is 9.18 Å². The van der Waals surface area contributed by atoms with Crippen molar-refractivity contribution in [2.75, 3.05) is 0 Å². The molecule has 0 unspecified atom stereocenters. The van der Waals surface area contributed by atoms with Crippen LogP contribution in [0.25, 0.3) is 0 Å². The van der Waals surface area contributed by atoms with Crippen LogP contribution in [-0.4, -0.2) is 21.9 Å².